The van der Waals surface area contributed by atoms with Crippen LogP contribution in [0.5, 0.6) is 0 Å². The summed E-state index contributed by atoms with van der Waals surface area (Å²) in [5.74, 6) is -0.313. The van der Waals surface area contributed by atoms with Crippen LogP contribution in [0.15, 0.2) is 46.4 Å². The monoisotopic (exact) mass is 288 g/mol. The van der Waals surface area contributed by atoms with Crippen molar-refractivity contribution in [1.29, 1.82) is 0 Å². The first kappa shape index (κ1) is 14.7. The molecule has 0 unspecified atom stereocenters. The Hall–Kier alpha value is -2.70. The normalized spacial score (nSPS) is 11.9. The highest BCUT2D eigenvalue weighted by atomic mass is 16.2. The molecule has 1 atom stereocenters. The second kappa shape index (κ2) is 6.17. The van der Waals surface area contributed by atoms with Crippen LogP contribution in [-0.4, -0.2) is 20.0 Å². The van der Waals surface area contributed by atoms with Gasteiger partial charge in [-0.3, -0.25) is 23.7 Å². The minimum atomic E-state index is -0.522. The maximum atomic E-state index is 12.0. The van der Waals surface area contributed by atoms with Crippen LogP contribution in [0, 0.1) is 0 Å². The summed E-state index contributed by atoms with van der Waals surface area (Å²) in [6.45, 7) is 1.69. The maximum Gasteiger partial charge on any atom is 0.331 e. The van der Waals surface area contributed by atoms with Gasteiger partial charge in [0.25, 0.3) is 5.56 Å². The standard InChI is InChI=1S/C14H16N4O3/c1-10(11-4-3-6-15-8-11)16-12(19)9-18-7-5-13(20)17(2)14(18)21/h3-8,10H,9H2,1-2H3,(H,16,19)/t10-/m0/s1. The van der Waals surface area contributed by atoms with Crippen LogP contribution in [-0.2, 0) is 18.4 Å². The van der Waals surface area contributed by atoms with Gasteiger partial charge < -0.3 is 5.32 Å². The number of hydrogen-bond acceptors (Lipinski definition) is 4. The molecule has 0 spiro atoms. The predicted molar refractivity (Wildman–Crippen MR) is 76.7 cm³/mol. The molecular formula is C14H16N4O3. The Kier molecular flexibility index (Phi) is 4.32. The van der Waals surface area contributed by atoms with Gasteiger partial charge >= 0.3 is 5.69 Å². The summed E-state index contributed by atoms with van der Waals surface area (Å²) in [6, 6.07) is 4.68. The molecule has 2 rings (SSSR count). The topological polar surface area (TPSA) is 86.0 Å². The molecule has 0 aliphatic heterocycles. The van der Waals surface area contributed by atoms with Crippen LogP contribution in [0.25, 0.3) is 0 Å². The highest BCUT2D eigenvalue weighted by molar-refractivity contribution is 5.76. The Labute approximate surface area is 120 Å². The van der Waals surface area contributed by atoms with E-state index in [9.17, 15) is 14.4 Å². The van der Waals surface area contributed by atoms with E-state index in [1.165, 1.54) is 23.9 Å². The molecule has 0 fully saturated rings. The number of pyridine rings is 1. The van der Waals surface area contributed by atoms with Gasteiger partial charge in [-0.15, -0.1) is 0 Å². The van der Waals surface area contributed by atoms with Crippen molar-refractivity contribution in [2.24, 2.45) is 7.05 Å². The number of aromatic nitrogens is 3. The van der Waals surface area contributed by atoms with Crippen molar-refractivity contribution in [2.75, 3.05) is 0 Å². The summed E-state index contributed by atoms with van der Waals surface area (Å²) in [5.41, 5.74) is -0.0503. The predicted octanol–water partition coefficient (Wildman–Crippen LogP) is -0.181. The van der Waals surface area contributed by atoms with E-state index in [4.69, 9.17) is 0 Å². The lowest BCUT2D eigenvalue weighted by molar-refractivity contribution is -0.122. The lowest BCUT2D eigenvalue weighted by Crippen LogP contribution is -2.40. The number of rotatable bonds is 4. The second-order valence-corrected chi connectivity index (χ2v) is 4.70. The number of amides is 1. The van der Waals surface area contributed by atoms with E-state index in [0.717, 1.165) is 10.1 Å². The highest BCUT2D eigenvalue weighted by Crippen LogP contribution is 2.09. The Balaban J connectivity index is 2.08. The minimum absolute atomic E-state index is 0.141. The highest BCUT2D eigenvalue weighted by Gasteiger charge is 2.11. The first-order chi connectivity index (χ1) is 9.99. The molecule has 0 radical (unpaired) electrons. The summed E-state index contributed by atoms with van der Waals surface area (Å²) >= 11 is 0. The summed E-state index contributed by atoms with van der Waals surface area (Å²) in [5, 5.41) is 2.78. The Morgan fingerprint density at radius 2 is 2.14 bits per heavy atom. The third-order valence-corrected chi connectivity index (χ3v) is 3.14. The molecule has 0 aliphatic carbocycles. The third-order valence-electron chi connectivity index (χ3n) is 3.14. The van der Waals surface area contributed by atoms with Gasteiger partial charge in [0.2, 0.25) is 5.91 Å². The molecule has 0 saturated heterocycles. The van der Waals surface area contributed by atoms with Gasteiger partial charge in [0.05, 0.1) is 6.04 Å². The van der Waals surface area contributed by atoms with Crippen LogP contribution in [0.2, 0.25) is 0 Å². The fourth-order valence-electron chi connectivity index (χ4n) is 1.89. The van der Waals surface area contributed by atoms with Crippen LogP contribution in [0.3, 0.4) is 0 Å². The molecule has 0 aromatic carbocycles. The van der Waals surface area contributed by atoms with Crippen LogP contribution in [0.1, 0.15) is 18.5 Å². The van der Waals surface area contributed by atoms with E-state index in [1.807, 2.05) is 13.0 Å². The SMILES string of the molecule is C[C@H](NC(=O)Cn1ccc(=O)n(C)c1=O)c1cccnc1. The number of hydrogen-bond donors (Lipinski definition) is 1. The molecule has 2 aromatic rings. The molecule has 0 saturated carbocycles. The van der Waals surface area contributed by atoms with Gasteiger partial charge in [0.15, 0.2) is 0 Å². The van der Waals surface area contributed by atoms with Crippen molar-refractivity contribution < 1.29 is 4.79 Å². The quantitative estimate of drug-likeness (QED) is 0.845. The molecule has 1 N–H and O–H groups in total. The molecule has 7 heteroatoms. The molecule has 0 aliphatic rings. The van der Waals surface area contributed by atoms with E-state index < -0.39 is 11.2 Å². The van der Waals surface area contributed by atoms with Crippen LogP contribution >= 0.6 is 0 Å². The first-order valence-electron chi connectivity index (χ1n) is 6.45. The van der Waals surface area contributed by atoms with E-state index in [2.05, 4.69) is 10.3 Å². The van der Waals surface area contributed by atoms with E-state index in [-0.39, 0.29) is 18.5 Å². The van der Waals surface area contributed by atoms with E-state index >= 15 is 0 Å². The Morgan fingerprint density at radius 3 is 2.81 bits per heavy atom. The number of carbonyl (C=O) groups is 1. The molecule has 110 valence electrons. The molecule has 0 bridgehead atoms. The smallest absolute Gasteiger partial charge is 0.331 e. The van der Waals surface area contributed by atoms with Gasteiger partial charge in [0, 0.05) is 31.7 Å². The molecule has 1 amide bonds. The van der Waals surface area contributed by atoms with E-state index in [1.54, 1.807) is 18.5 Å². The van der Waals surface area contributed by atoms with Crippen molar-refractivity contribution in [2.45, 2.75) is 19.5 Å². The Morgan fingerprint density at radius 1 is 1.38 bits per heavy atom. The van der Waals surface area contributed by atoms with Crippen molar-refractivity contribution in [3.63, 3.8) is 0 Å². The van der Waals surface area contributed by atoms with Crippen molar-refractivity contribution in [1.82, 2.24) is 19.4 Å². The molecule has 21 heavy (non-hydrogen) atoms. The summed E-state index contributed by atoms with van der Waals surface area (Å²) in [6.07, 6.45) is 4.64. The van der Waals surface area contributed by atoms with Crippen molar-refractivity contribution in [3.8, 4) is 0 Å². The fourth-order valence-corrected chi connectivity index (χ4v) is 1.89. The average molecular weight is 288 g/mol. The van der Waals surface area contributed by atoms with Gasteiger partial charge in [-0.1, -0.05) is 6.07 Å². The zero-order valence-electron chi connectivity index (χ0n) is 11.8. The van der Waals surface area contributed by atoms with Crippen LogP contribution < -0.4 is 16.6 Å². The number of nitrogens with zero attached hydrogens (tertiary/aromatic N) is 3. The Bertz CT molecular complexity index is 749. The number of nitrogens with one attached hydrogen (secondary N) is 1. The first-order valence-corrected chi connectivity index (χ1v) is 6.45. The van der Waals surface area contributed by atoms with Crippen LogP contribution in [0.4, 0.5) is 0 Å². The maximum absolute atomic E-state index is 12.0. The summed E-state index contributed by atoms with van der Waals surface area (Å²) in [4.78, 5) is 39.1. The van der Waals surface area contributed by atoms with Gasteiger partial charge in [0.1, 0.15) is 6.54 Å². The van der Waals surface area contributed by atoms with Crippen molar-refractivity contribution >= 4 is 5.91 Å². The molecule has 2 heterocycles. The third kappa shape index (κ3) is 3.44. The van der Waals surface area contributed by atoms with Gasteiger partial charge in [-0.2, -0.15) is 0 Å². The minimum Gasteiger partial charge on any atom is -0.348 e. The van der Waals surface area contributed by atoms with Gasteiger partial charge in [-0.05, 0) is 18.6 Å². The van der Waals surface area contributed by atoms with Gasteiger partial charge in [-0.25, -0.2) is 4.79 Å². The molecule has 7 nitrogen and oxygen atoms in total. The van der Waals surface area contributed by atoms with E-state index in [0.29, 0.717) is 0 Å². The molecule has 2 aromatic heterocycles. The lowest BCUT2D eigenvalue weighted by Gasteiger charge is -2.14. The zero-order valence-corrected chi connectivity index (χ0v) is 11.8. The number of carbonyl (C=O) groups excluding carboxylic acids is 1. The molecular weight excluding hydrogens is 272 g/mol. The van der Waals surface area contributed by atoms with Crippen molar-refractivity contribution in [3.05, 3.63) is 63.2 Å². The second-order valence-electron chi connectivity index (χ2n) is 4.70. The summed E-state index contributed by atoms with van der Waals surface area (Å²) in [7, 11) is 1.37. The lowest BCUT2D eigenvalue weighted by atomic mass is 10.1. The largest absolute Gasteiger partial charge is 0.348 e. The average Bonchev–Trinajstić information content (AvgIpc) is 2.49. The zero-order chi connectivity index (χ0) is 15.4. The summed E-state index contributed by atoms with van der Waals surface area (Å²) < 4.78 is 2.14. The fraction of sp³-hybridized carbons (Fsp3) is 0.286.